The lowest BCUT2D eigenvalue weighted by molar-refractivity contribution is 0.109. The molecule has 96 valence electrons. The van der Waals surface area contributed by atoms with E-state index in [-0.39, 0.29) is 17.0 Å². The van der Waals surface area contributed by atoms with E-state index < -0.39 is 9.84 Å². The van der Waals surface area contributed by atoms with Crippen LogP contribution in [0.25, 0.3) is 0 Å². The quantitative estimate of drug-likeness (QED) is 0.400. The molecule has 0 aromatic rings. The van der Waals surface area contributed by atoms with Gasteiger partial charge in [0.1, 0.15) is 0 Å². The average molecular weight is 250 g/mol. The summed E-state index contributed by atoms with van der Waals surface area (Å²) in [5.41, 5.74) is 2.58. The molecule has 6 heteroatoms. The molecule has 0 spiro atoms. The molecule has 1 fully saturated rings. The van der Waals surface area contributed by atoms with Gasteiger partial charge in [0.2, 0.25) is 0 Å². The molecule has 0 aliphatic carbocycles. The molecule has 1 aliphatic heterocycles. The number of hydrazine groups is 1. The normalized spacial score (nSPS) is 26.5. The van der Waals surface area contributed by atoms with Crippen molar-refractivity contribution in [3.8, 4) is 0 Å². The summed E-state index contributed by atoms with van der Waals surface area (Å²) in [6.45, 7) is 3.03. The van der Waals surface area contributed by atoms with Crippen LogP contribution in [0.1, 0.15) is 32.6 Å². The number of hydrogen-bond acceptors (Lipinski definition) is 5. The molecule has 2 unspecified atom stereocenters. The predicted molar refractivity (Wildman–Crippen MR) is 63.6 cm³/mol. The Morgan fingerprint density at radius 2 is 2.25 bits per heavy atom. The van der Waals surface area contributed by atoms with Crippen LogP contribution in [-0.2, 0) is 14.6 Å². The third kappa shape index (κ3) is 3.69. The lowest BCUT2D eigenvalue weighted by atomic mass is 10.1. The fourth-order valence-corrected chi connectivity index (χ4v) is 4.14. The minimum atomic E-state index is -2.99. The Bertz CT molecular complexity index is 292. The molecule has 0 saturated carbocycles. The number of ether oxygens (including phenoxy) is 1. The van der Waals surface area contributed by atoms with Gasteiger partial charge in [0.05, 0.1) is 23.7 Å². The molecular weight excluding hydrogens is 228 g/mol. The van der Waals surface area contributed by atoms with Gasteiger partial charge < -0.3 is 4.74 Å². The molecule has 3 N–H and O–H groups in total. The summed E-state index contributed by atoms with van der Waals surface area (Å²) < 4.78 is 29.1. The first-order chi connectivity index (χ1) is 7.61. The van der Waals surface area contributed by atoms with Crippen molar-refractivity contribution in [1.82, 2.24) is 5.43 Å². The first kappa shape index (κ1) is 13.9. The summed E-state index contributed by atoms with van der Waals surface area (Å²) in [6, 6.07) is -0.281. The highest BCUT2D eigenvalue weighted by atomic mass is 32.2. The number of rotatable bonds is 6. The summed E-state index contributed by atoms with van der Waals surface area (Å²) in [5, 5.41) is -0.386. The van der Waals surface area contributed by atoms with Crippen molar-refractivity contribution >= 4 is 9.84 Å². The molecule has 16 heavy (non-hydrogen) atoms. The Morgan fingerprint density at radius 3 is 2.81 bits per heavy atom. The van der Waals surface area contributed by atoms with Crippen molar-refractivity contribution in [2.75, 3.05) is 19.0 Å². The van der Waals surface area contributed by atoms with E-state index in [1.54, 1.807) is 0 Å². The van der Waals surface area contributed by atoms with Gasteiger partial charge in [-0.2, -0.15) is 0 Å². The predicted octanol–water partition coefficient (Wildman–Crippen LogP) is 0.212. The molecule has 0 aromatic carbocycles. The van der Waals surface area contributed by atoms with E-state index in [1.807, 2.05) is 6.92 Å². The third-order valence-electron chi connectivity index (χ3n) is 2.94. The Hall–Kier alpha value is -0.170. The number of hydrogen-bond donors (Lipinski definition) is 2. The molecule has 2 atom stereocenters. The Kier molecular flexibility index (Phi) is 5.68. The molecule has 1 saturated heterocycles. The highest BCUT2D eigenvalue weighted by Crippen LogP contribution is 2.22. The van der Waals surface area contributed by atoms with Gasteiger partial charge in [-0.15, -0.1) is 0 Å². The van der Waals surface area contributed by atoms with Gasteiger partial charge >= 0.3 is 0 Å². The summed E-state index contributed by atoms with van der Waals surface area (Å²) in [6.07, 6.45) is 3.34. The lowest BCUT2D eigenvalue weighted by Crippen LogP contribution is -2.51. The standard InChI is InChI=1S/C10H22N2O3S/c1-2-6-15-8-9(12-11)10-5-3-4-7-16(10,13)14/h9-10,12H,2-8,11H2,1H3. The SMILES string of the molecule is CCCOCC(NN)C1CCCCS1(=O)=O. The average Bonchev–Trinajstić information content (AvgIpc) is 2.25. The van der Waals surface area contributed by atoms with E-state index in [2.05, 4.69) is 5.43 Å². The third-order valence-corrected chi connectivity index (χ3v) is 5.28. The number of nitrogens with one attached hydrogen (secondary N) is 1. The fourth-order valence-electron chi connectivity index (χ4n) is 2.05. The molecule has 0 aromatic heterocycles. The molecular formula is C10H22N2O3S. The Balaban J connectivity index is 2.56. The van der Waals surface area contributed by atoms with Crippen LogP contribution in [-0.4, -0.2) is 38.7 Å². The lowest BCUT2D eigenvalue weighted by Gasteiger charge is -2.29. The molecule has 0 amide bonds. The van der Waals surface area contributed by atoms with Crippen LogP contribution >= 0.6 is 0 Å². The van der Waals surface area contributed by atoms with E-state index in [0.717, 1.165) is 19.3 Å². The first-order valence-electron chi connectivity index (χ1n) is 5.87. The Labute approximate surface area is 97.6 Å². The van der Waals surface area contributed by atoms with Crippen molar-refractivity contribution in [1.29, 1.82) is 0 Å². The summed E-state index contributed by atoms with van der Waals surface area (Å²) in [4.78, 5) is 0. The van der Waals surface area contributed by atoms with E-state index in [4.69, 9.17) is 10.6 Å². The minimum absolute atomic E-state index is 0.281. The number of sulfone groups is 1. The number of nitrogens with two attached hydrogens (primary N) is 1. The molecule has 0 radical (unpaired) electrons. The topological polar surface area (TPSA) is 81.4 Å². The van der Waals surface area contributed by atoms with Gasteiger partial charge in [-0.05, 0) is 19.3 Å². The maximum absolute atomic E-state index is 11.9. The van der Waals surface area contributed by atoms with Crippen molar-refractivity contribution in [3.05, 3.63) is 0 Å². The van der Waals surface area contributed by atoms with E-state index in [1.165, 1.54) is 0 Å². The second-order valence-electron chi connectivity index (χ2n) is 4.25. The van der Waals surface area contributed by atoms with Crippen LogP contribution in [0.3, 0.4) is 0 Å². The van der Waals surface area contributed by atoms with E-state index >= 15 is 0 Å². The van der Waals surface area contributed by atoms with Crippen LogP contribution in [0.4, 0.5) is 0 Å². The van der Waals surface area contributed by atoms with Crippen LogP contribution in [0.15, 0.2) is 0 Å². The van der Waals surface area contributed by atoms with E-state index in [9.17, 15) is 8.42 Å². The molecule has 0 bridgehead atoms. The smallest absolute Gasteiger partial charge is 0.154 e. The van der Waals surface area contributed by atoms with Gasteiger partial charge in [-0.25, -0.2) is 8.42 Å². The van der Waals surface area contributed by atoms with Gasteiger partial charge in [-0.1, -0.05) is 13.3 Å². The highest BCUT2D eigenvalue weighted by molar-refractivity contribution is 7.92. The van der Waals surface area contributed by atoms with Gasteiger partial charge in [0.15, 0.2) is 9.84 Å². The van der Waals surface area contributed by atoms with Gasteiger partial charge in [0.25, 0.3) is 0 Å². The molecule has 1 rings (SSSR count). The monoisotopic (exact) mass is 250 g/mol. The van der Waals surface area contributed by atoms with Gasteiger partial charge in [-0.3, -0.25) is 11.3 Å². The zero-order valence-corrected chi connectivity index (χ0v) is 10.6. The zero-order valence-electron chi connectivity index (χ0n) is 9.81. The van der Waals surface area contributed by atoms with Gasteiger partial charge in [0, 0.05) is 6.61 Å². The summed E-state index contributed by atoms with van der Waals surface area (Å²) in [7, 11) is -2.99. The molecule has 1 aliphatic rings. The van der Waals surface area contributed by atoms with Crippen LogP contribution < -0.4 is 11.3 Å². The van der Waals surface area contributed by atoms with E-state index in [0.29, 0.717) is 19.6 Å². The highest BCUT2D eigenvalue weighted by Gasteiger charge is 2.35. The van der Waals surface area contributed by atoms with Crippen molar-refractivity contribution in [3.63, 3.8) is 0 Å². The van der Waals surface area contributed by atoms with Crippen molar-refractivity contribution < 1.29 is 13.2 Å². The minimum Gasteiger partial charge on any atom is -0.380 e. The Morgan fingerprint density at radius 1 is 1.50 bits per heavy atom. The summed E-state index contributed by atoms with van der Waals surface area (Å²) in [5.74, 6) is 5.69. The maximum Gasteiger partial charge on any atom is 0.154 e. The van der Waals surface area contributed by atoms with Crippen LogP contribution in [0.5, 0.6) is 0 Å². The maximum atomic E-state index is 11.9. The van der Waals surface area contributed by atoms with Crippen molar-refractivity contribution in [2.24, 2.45) is 5.84 Å². The molecule has 1 heterocycles. The fraction of sp³-hybridized carbons (Fsp3) is 1.00. The van der Waals surface area contributed by atoms with Crippen LogP contribution in [0, 0.1) is 0 Å². The second kappa shape index (κ2) is 6.54. The zero-order chi connectivity index (χ0) is 12.0. The first-order valence-corrected chi connectivity index (χ1v) is 7.58. The summed E-state index contributed by atoms with van der Waals surface area (Å²) >= 11 is 0. The second-order valence-corrected chi connectivity index (χ2v) is 6.59. The largest absolute Gasteiger partial charge is 0.380 e. The van der Waals surface area contributed by atoms with Crippen molar-refractivity contribution in [2.45, 2.75) is 43.9 Å². The molecule has 5 nitrogen and oxygen atoms in total. The van der Waals surface area contributed by atoms with Crippen LogP contribution in [0.2, 0.25) is 0 Å².